The zero-order valence-corrected chi connectivity index (χ0v) is 10.4. The van der Waals surface area contributed by atoms with Crippen LogP contribution in [0.3, 0.4) is 0 Å². The largest absolute Gasteiger partial charge is 0.493 e. The molecule has 4 nitrogen and oxygen atoms in total. The number of para-hydroxylation sites is 1. The van der Waals surface area contributed by atoms with E-state index >= 15 is 0 Å². The maximum absolute atomic E-state index is 5.65. The van der Waals surface area contributed by atoms with Crippen LogP contribution in [0.1, 0.15) is 29.4 Å². The first-order chi connectivity index (χ1) is 8.84. The highest BCUT2D eigenvalue weighted by Gasteiger charge is 2.20. The van der Waals surface area contributed by atoms with E-state index in [4.69, 9.17) is 4.74 Å². The number of benzene rings is 1. The topological polar surface area (TPSA) is 49.9 Å². The summed E-state index contributed by atoms with van der Waals surface area (Å²) in [6, 6.07) is 8.58. The normalized spacial score (nSPS) is 18.2. The van der Waals surface area contributed by atoms with E-state index in [1.54, 1.807) is 6.33 Å². The molecule has 1 atom stereocenters. The molecule has 1 aliphatic heterocycles. The molecule has 3 rings (SSSR count). The Hall–Kier alpha value is -1.81. The van der Waals surface area contributed by atoms with Crippen molar-refractivity contribution in [3.8, 4) is 5.75 Å². The highest BCUT2D eigenvalue weighted by Crippen LogP contribution is 2.31. The number of aromatic amines is 1. The van der Waals surface area contributed by atoms with Crippen molar-refractivity contribution in [2.24, 2.45) is 0 Å². The third-order valence-corrected chi connectivity index (χ3v) is 3.41. The molecule has 0 bridgehead atoms. The van der Waals surface area contributed by atoms with Crippen LogP contribution in [0.5, 0.6) is 5.75 Å². The molecule has 0 spiro atoms. The molecule has 0 saturated carbocycles. The first kappa shape index (κ1) is 11.3. The fourth-order valence-electron chi connectivity index (χ4n) is 2.34. The van der Waals surface area contributed by atoms with Gasteiger partial charge in [-0.2, -0.15) is 0 Å². The van der Waals surface area contributed by atoms with Crippen molar-refractivity contribution in [1.29, 1.82) is 0 Å². The molecule has 0 saturated heterocycles. The zero-order chi connectivity index (χ0) is 12.4. The number of nitrogens with one attached hydrogen (secondary N) is 2. The number of rotatable bonds is 3. The zero-order valence-electron chi connectivity index (χ0n) is 10.4. The molecule has 2 heterocycles. The molecule has 0 fully saturated rings. The summed E-state index contributed by atoms with van der Waals surface area (Å²) in [5.41, 5.74) is 3.46. The number of aromatic nitrogens is 2. The van der Waals surface area contributed by atoms with E-state index in [1.165, 1.54) is 5.56 Å². The Morgan fingerprint density at radius 1 is 1.44 bits per heavy atom. The summed E-state index contributed by atoms with van der Waals surface area (Å²) in [7, 11) is 0. The summed E-state index contributed by atoms with van der Waals surface area (Å²) in [5, 5.41) is 3.56. The van der Waals surface area contributed by atoms with Crippen molar-refractivity contribution in [1.82, 2.24) is 15.3 Å². The first-order valence-electron chi connectivity index (χ1n) is 6.28. The quantitative estimate of drug-likeness (QED) is 0.870. The first-order valence-corrected chi connectivity index (χ1v) is 6.28. The van der Waals surface area contributed by atoms with Gasteiger partial charge in [-0.05, 0) is 13.0 Å². The van der Waals surface area contributed by atoms with E-state index in [0.717, 1.165) is 36.7 Å². The fourth-order valence-corrected chi connectivity index (χ4v) is 2.34. The van der Waals surface area contributed by atoms with Crippen LogP contribution in [0, 0.1) is 6.92 Å². The second kappa shape index (κ2) is 4.82. The van der Waals surface area contributed by atoms with Gasteiger partial charge in [0.05, 0.1) is 18.6 Å². The summed E-state index contributed by atoms with van der Waals surface area (Å²) in [5.74, 6) is 1.000. The number of H-pyrrole nitrogens is 1. The van der Waals surface area contributed by atoms with Gasteiger partial charge in [-0.1, -0.05) is 18.2 Å². The summed E-state index contributed by atoms with van der Waals surface area (Å²) < 4.78 is 5.65. The van der Waals surface area contributed by atoms with Gasteiger partial charge in [0.15, 0.2) is 0 Å². The lowest BCUT2D eigenvalue weighted by atomic mass is 10.0. The number of ether oxygens (including phenoxy) is 1. The van der Waals surface area contributed by atoms with Gasteiger partial charge >= 0.3 is 0 Å². The number of nitrogens with zero attached hydrogens (tertiary/aromatic N) is 1. The van der Waals surface area contributed by atoms with Crippen LogP contribution in [0.25, 0.3) is 0 Å². The van der Waals surface area contributed by atoms with Crippen LogP contribution in [-0.2, 0) is 6.54 Å². The maximum atomic E-state index is 5.65. The lowest BCUT2D eigenvalue weighted by molar-refractivity contribution is 0.252. The number of hydrogen-bond acceptors (Lipinski definition) is 3. The maximum Gasteiger partial charge on any atom is 0.124 e. The molecule has 0 aliphatic carbocycles. The molecule has 94 valence electrons. The van der Waals surface area contributed by atoms with E-state index in [0.29, 0.717) is 6.04 Å². The Labute approximate surface area is 106 Å². The third-order valence-electron chi connectivity index (χ3n) is 3.41. The van der Waals surface area contributed by atoms with E-state index in [1.807, 2.05) is 19.1 Å². The summed E-state index contributed by atoms with van der Waals surface area (Å²) >= 11 is 0. The Kier molecular flexibility index (Phi) is 3.02. The smallest absolute Gasteiger partial charge is 0.124 e. The highest BCUT2D eigenvalue weighted by atomic mass is 16.5. The van der Waals surface area contributed by atoms with E-state index in [2.05, 4.69) is 27.4 Å². The second-order valence-electron chi connectivity index (χ2n) is 4.58. The van der Waals surface area contributed by atoms with Gasteiger partial charge in [0.1, 0.15) is 5.75 Å². The number of hydrogen-bond donors (Lipinski definition) is 2. The van der Waals surface area contributed by atoms with E-state index < -0.39 is 0 Å². The molecular formula is C14H17N3O. The Morgan fingerprint density at radius 3 is 3.17 bits per heavy atom. The van der Waals surface area contributed by atoms with Crippen LogP contribution >= 0.6 is 0 Å². The standard InChI is InChI=1S/C14H17N3O/c1-10-13(17-9-16-10)8-15-12-6-7-18-14-5-3-2-4-11(12)14/h2-5,9,12,15H,6-8H2,1H3,(H,16,17). The lowest BCUT2D eigenvalue weighted by Crippen LogP contribution is -2.27. The molecule has 1 unspecified atom stereocenters. The summed E-state index contributed by atoms with van der Waals surface area (Å²) in [6.07, 6.45) is 2.74. The third kappa shape index (κ3) is 2.11. The number of imidazole rings is 1. The molecule has 2 aromatic rings. The van der Waals surface area contributed by atoms with Crippen LogP contribution < -0.4 is 10.1 Å². The van der Waals surface area contributed by atoms with Gasteiger partial charge in [-0.15, -0.1) is 0 Å². The minimum atomic E-state index is 0.353. The Morgan fingerprint density at radius 2 is 2.33 bits per heavy atom. The van der Waals surface area contributed by atoms with Gasteiger partial charge in [0.25, 0.3) is 0 Å². The molecule has 4 heteroatoms. The molecule has 1 aromatic carbocycles. The number of fused-ring (bicyclic) bond motifs is 1. The van der Waals surface area contributed by atoms with Crippen molar-refractivity contribution >= 4 is 0 Å². The highest BCUT2D eigenvalue weighted by molar-refractivity contribution is 5.37. The monoisotopic (exact) mass is 243 g/mol. The Balaban J connectivity index is 1.73. The van der Waals surface area contributed by atoms with E-state index in [-0.39, 0.29) is 0 Å². The fraction of sp³-hybridized carbons (Fsp3) is 0.357. The molecule has 1 aliphatic rings. The SMILES string of the molecule is Cc1[nH]cnc1CNC1CCOc2ccccc21. The Bertz CT molecular complexity index is 535. The van der Waals surface area contributed by atoms with Crippen molar-refractivity contribution in [2.75, 3.05) is 6.61 Å². The van der Waals surface area contributed by atoms with Crippen LogP contribution in [0.15, 0.2) is 30.6 Å². The van der Waals surface area contributed by atoms with Crippen LogP contribution in [0.4, 0.5) is 0 Å². The predicted octanol–water partition coefficient (Wildman–Crippen LogP) is 2.33. The van der Waals surface area contributed by atoms with Gasteiger partial charge in [0, 0.05) is 30.3 Å². The average Bonchev–Trinajstić information content (AvgIpc) is 2.82. The van der Waals surface area contributed by atoms with Crippen molar-refractivity contribution in [3.05, 3.63) is 47.5 Å². The van der Waals surface area contributed by atoms with Crippen molar-refractivity contribution < 1.29 is 4.74 Å². The molecule has 0 radical (unpaired) electrons. The number of aryl methyl sites for hydroxylation is 1. The predicted molar refractivity (Wildman–Crippen MR) is 69.5 cm³/mol. The van der Waals surface area contributed by atoms with Crippen LogP contribution in [0.2, 0.25) is 0 Å². The molecule has 18 heavy (non-hydrogen) atoms. The van der Waals surface area contributed by atoms with Gasteiger partial charge in [-0.25, -0.2) is 4.98 Å². The molecule has 2 N–H and O–H groups in total. The van der Waals surface area contributed by atoms with Gasteiger partial charge < -0.3 is 15.0 Å². The lowest BCUT2D eigenvalue weighted by Gasteiger charge is -2.26. The summed E-state index contributed by atoms with van der Waals surface area (Å²) in [6.45, 7) is 3.60. The molecule has 1 aromatic heterocycles. The van der Waals surface area contributed by atoms with Gasteiger partial charge in [0.2, 0.25) is 0 Å². The van der Waals surface area contributed by atoms with Crippen molar-refractivity contribution in [3.63, 3.8) is 0 Å². The second-order valence-corrected chi connectivity index (χ2v) is 4.58. The molecule has 0 amide bonds. The minimum Gasteiger partial charge on any atom is -0.493 e. The minimum absolute atomic E-state index is 0.353. The van der Waals surface area contributed by atoms with Gasteiger partial charge in [-0.3, -0.25) is 0 Å². The average molecular weight is 243 g/mol. The molecular weight excluding hydrogens is 226 g/mol. The summed E-state index contributed by atoms with van der Waals surface area (Å²) in [4.78, 5) is 7.41. The van der Waals surface area contributed by atoms with Crippen LogP contribution in [-0.4, -0.2) is 16.6 Å². The van der Waals surface area contributed by atoms with Crippen molar-refractivity contribution in [2.45, 2.75) is 25.9 Å². The van der Waals surface area contributed by atoms with E-state index in [9.17, 15) is 0 Å².